The van der Waals surface area contributed by atoms with Crippen LogP contribution in [0.1, 0.15) is 53.0 Å². The zero-order chi connectivity index (χ0) is 11.0. The first kappa shape index (κ1) is 11.3. The Hall–Kier alpha value is -0.790. The monoisotopic (exact) mass is 195 g/mol. The van der Waals surface area contributed by atoms with E-state index in [2.05, 4.69) is 46.5 Å². The Labute approximate surface area is 86.7 Å². The highest BCUT2D eigenvalue weighted by Crippen LogP contribution is 2.29. The highest BCUT2D eigenvalue weighted by Gasteiger charge is 2.25. The van der Waals surface area contributed by atoms with E-state index in [0.717, 1.165) is 17.9 Å². The molecule has 0 aliphatic rings. The van der Waals surface area contributed by atoms with Gasteiger partial charge in [-0.15, -0.1) is 0 Å². The Kier molecular flexibility index (Phi) is 2.75. The number of rotatable bonds is 1. The molecule has 2 nitrogen and oxygen atoms in total. The summed E-state index contributed by atoms with van der Waals surface area (Å²) in [6.07, 6.45) is 2.53. The largest absolute Gasteiger partial charge is 0.448 e. The lowest BCUT2D eigenvalue weighted by Gasteiger charge is -2.21. The molecule has 0 atom stereocenters. The highest BCUT2D eigenvalue weighted by molar-refractivity contribution is 5.17. The molecule has 1 rings (SSSR count). The van der Waals surface area contributed by atoms with Gasteiger partial charge in [0.05, 0.1) is 5.69 Å². The Balaban J connectivity index is 2.95. The minimum Gasteiger partial charge on any atom is -0.448 e. The lowest BCUT2D eigenvalue weighted by atomic mass is 9.85. The van der Waals surface area contributed by atoms with Gasteiger partial charge in [0.1, 0.15) is 5.76 Å². The van der Waals surface area contributed by atoms with E-state index in [9.17, 15) is 0 Å². The van der Waals surface area contributed by atoms with Crippen molar-refractivity contribution in [3.63, 3.8) is 0 Å². The summed E-state index contributed by atoms with van der Waals surface area (Å²) in [5.74, 6) is 1.02. The molecular weight excluding hydrogens is 174 g/mol. The van der Waals surface area contributed by atoms with Gasteiger partial charge in [0.15, 0.2) is 6.39 Å². The first-order valence-electron chi connectivity index (χ1n) is 5.13. The predicted molar refractivity (Wildman–Crippen MR) is 58.4 cm³/mol. The lowest BCUT2D eigenvalue weighted by Crippen LogP contribution is -2.17. The molecule has 0 aromatic carbocycles. The van der Waals surface area contributed by atoms with Crippen LogP contribution in [0.3, 0.4) is 0 Å². The summed E-state index contributed by atoms with van der Waals surface area (Å²) in [4.78, 5) is 4.30. The maximum Gasteiger partial charge on any atom is 0.181 e. The highest BCUT2D eigenvalue weighted by atomic mass is 16.3. The van der Waals surface area contributed by atoms with Crippen LogP contribution in [0.15, 0.2) is 10.8 Å². The SMILES string of the molecule is CC(C)(C)Cc1ncoc1C(C)(C)C. The van der Waals surface area contributed by atoms with Crippen molar-refractivity contribution in [1.82, 2.24) is 4.98 Å². The minimum atomic E-state index is 0.0527. The van der Waals surface area contributed by atoms with E-state index < -0.39 is 0 Å². The minimum absolute atomic E-state index is 0.0527. The smallest absolute Gasteiger partial charge is 0.181 e. The van der Waals surface area contributed by atoms with Crippen LogP contribution >= 0.6 is 0 Å². The Morgan fingerprint density at radius 2 is 1.71 bits per heavy atom. The van der Waals surface area contributed by atoms with Gasteiger partial charge in [0, 0.05) is 5.41 Å². The van der Waals surface area contributed by atoms with E-state index in [-0.39, 0.29) is 10.8 Å². The summed E-state index contributed by atoms with van der Waals surface area (Å²) in [7, 11) is 0. The quantitative estimate of drug-likeness (QED) is 0.684. The van der Waals surface area contributed by atoms with Gasteiger partial charge in [-0.2, -0.15) is 0 Å². The molecule has 0 spiro atoms. The van der Waals surface area contributed by atoms with Gasteiger partial charge in [-0.05, 0) is 11.8 Å². The van der Waals surface area contributed by atoms with Crippen LogP contribution in [0.25, 0.3) is 0 Å². The molecule has 0 aliphatic heterocycles. The van der Waals surface area contributed by atoms with Gasteiger partial charge in [-0.25, -0.2) is 4.98 Å². The lowest BCUT2D eigenvalue weighted by molar-refractivity contribution is 0.376. The molecule has 0 fully saturated rings. The molecule has 0 bridgehead atoms. The number of hydrogen-bond acceptors (Lipinski definition) is 2. The fourth-order valence-electron chi connectivity index (χ4n) is 1.51. The normalized spacial score (nSPS) is 13.3. The fourth-order valence-corrected chi connectivity index (χ4v) is 1.51. The van der Waals surface area contributed by atoms with Crippen molar-refractivity contribution in [3.8, 4) is 0 Å². The summed E-state index contributed by atoms with van der Waals surface area (Å²) in [5.41, 5.74) is 1.42. The van der Waals surface area contributed by atoms with Crippen LogP contribution < -0.4 is 0 Å². The molecular formula is C12H21NO. The molecule has 1 aromatic heterocycles. The van der Waals surface area contributed by atoms with E-state index in [1.54, 1.807) is 6.39 Å². The third kappa shape index (κ3) is 2.86. The van der Waals surface area contributed by atoms with E-state index in [0.29, 0.717) is 0 Å². The van der Waals surface area contributed by atoms with Crippen LogP contribution in [0.5, 0.6) is 0 Å². The predicted octanol–water partition coefficient (Wildman–Crippen LogP) is 3.56. The first-order chi connectivity index (χ1) is 6.20. The van der Waals surface area contributed by atoms with E-state index in [4.69, 9.17) is 4.42 Å². The van der Waals surface area contributed by atoms with Crippen molar-refractivity contribution in [3.05, 3.63) is 17.8 Å². The van der Waals surface area contributed by atoms with E-state index >= 15 is 0 Å². The molecule has 80 valence electrons. The second-order valence-electron chi connectivity index (χ2n) is 6.12. The number of nitrogens with zero attached hydrogens (tertiary/aromatic N) is 1. The molecule has 2 heteroatoms. The molecule has 1 heterocycles. The zero-order valence-electron chi connectivity index (χ0n) is 10.1. The summed E-state index contributed by atoms with van der Waals surface area (Å²) in [6.45, 7) is 13.1. The summed E-state index contributed by atoms with van der Waals surface area (Å²) >= 11 is 0. The molecule has 14 heavy (non-hydrogen) atoms. The Bertz CT molecular complexity index is 299. The maximum atomic E-state index is 5.46. The van der Waals surface area contributed by atoms with E-state index in [1.165, 1.54) is 0 Å². The molecule has 0 saturated carbocycles. The maximum absolute atomic E-state index is 5.46. The van der Waals surface area contributed by atoms with Crippen molar-refractivity contribution >= 4 is 0 Å². The van der Waals surface area contributed by atoms with Gasteiger partial charge in [-0.1, -0.05) is 41.5 Å². The van der Waals surface area contributed by atoms with Crippen molar-refractivity contribution < 1.29 is 4.42 Å². The van der Waals surface area contributed by atoms with Crippen LogP contribution in [0.4, 0.5) is 0 Å². The molecule has 0 amide bonds. The van der Waals surface area contributed by atoms with Crippen molar-refractivity contribution in [1.29, 1.82) is 0 Å². The fraction of sp³-hybridized carbons (Fsp3) is 0.750. The number of hydrogen-bond donors (Lipinski definition) is 0. The number of oxazole rings is 1. The molecule has 0 unspecified atom stereocenters. The summed E-state index contributed by atoms with van der Waals surface area (Å²) in [6, 6.07) is 0. The van der Waals surface area contributed by atoms with Crippen molar-refractivity contribution in [2.24, 2.45) is 5.41 Å². The molecule has 0 radical (unpaired) electrons. The van der Waals surface area contributed by atoms with Gasteiger partial charge in [-0.3, -0.25) is 0 Å². The van der Waals surface area contributed by atoms with Gasteiger partial charge in [0.25, 0.3) is 0 Å². The third-order valence-corrected chi connectivity index (χ3v) is 2.02. The second kappa shape index (κ2) is 3.41. The summed E-state index contributed by atoms with van der Waals surface area (Å²) in [5, 5.41) is 0. The Morgan fingerprint density at radius 1 is 1.14 bits per heavy atom. The zero-order valence-corrected chi connectivity index (χ0v) is 10.1. The van der Waals surface area contributed by atoms with Crippen LogP contribution in [0, 0.1) is 5.41 Å². The average molecular weight is 195 g/mol. The first-order valence-corrected chi connectivity index (χ1v) is 5.13. The summed E-state index contributed by atoms with van der Waals surface area (Å²) < 4.78 is 5.46. The van der Waals surface area contributed by atoms with Crippen molar-refractivity contribution in [2.45, 2.75) is 53.4 Å². The van der Waals surface area contributed by atoms with Crippen LogP contribution in [0.2, 0.25) is 0 Å². The van der Waals surface area contributed by atoms with Crippen LogP contribution in [-0.4, -0.2) is 4.98 Å². The van der Waals surface area contributed by atoms with Gasteiger partial charge < -0.3 is 4.42 Å². The second-order valence-corrected chi connectivity index (χ2v) is 6.12. The van der Waals surface area contributed by atoms with Gasteiger partial charge >= 0.3 is 0 Å². The molecule has 0 N–H and O–H groups in total. The third-order valence-electron chi connectivity index (χ3n) is 2.02. The standard InChI is InChI=1S/C12H21NO/c1-11(2,3)7-9-10(12(4,5)6)14-8-13-9/h8H,7H2,1-6H3. The van der Waals surface area contributed by atoms with Crippen molar-refractivity contribution in [2.75, 3.05) is 0 Å². The van der Waals surface area contributed by atoms with E-state index in [1.807, 2.05) is 0 Å². The molecule has 0 saturated heterocycles. The topological polar surface area (TPSA) is 26.0 Å². The Morgan fingerprint density at radius 3 is 2.14 bits per heavy atom. The molecule has 0 aliphatic carbocycles. The van der Waals surface area contributed by atoms with Crippen LogP contribution in [-0.2, 0) is 11.8 Å². The average Bonchev–Trinajstić information content (AvgIpc) is 2.29. The van der Waals surface area contributed by atoms with Gasteiger partial charge in [0.2, 0.25) is 0 Å². The molecule has 1 aromatic rings. The number of aromatic nitrogens is 1.